The molecule has 0 aliphatic rings. The largest absolute Gasteiger partial charge is 0.192 e. The van der Waals surface area contributed by atoms with Crippen LogP contribution in [0, 0.1) is 45.3 Å². The standard InChI is InChI=1S/C26H10N4/c27-11-21-22(12-28)24(14-30)26-20-10-16-6-2-1-5-15(16)9-19(20)17-7-3-4-8-18(17)25(26)23(21)13-29/h1-10H. The molecule has 0 fully saturated rings. The quantitative estimate of drug-likeness (QED) is 0.252. The van der Waals surface area contributed by atoms with Crippen LogP contribution >= 0.6 is 0 Å². The van der Waals surface area contributed by atoms with Gasteiger partial charge in [-0.25, -0.2) is 0 Å². The Hall–Kier alpha value is -4.90. The second-order valence-corrected chi connectivity index (χ2v) is 6.99. The fourth-order valence-electron chi connectivity index (χ4n) is 4.34. The third-order valence-corrected chi connectivity index (χ3v) is 5.59. The fraction of sp³-hybridized carbons (Fsp3) is 0. The van der Waals surface area contributed by atoms with Crippen molar-refractivity contribution >= 4 is 43.1 Å². The molecule has 134 valence electrons. The first-order valence-corrected chi connectivity index (χ1v) is 9.20. The van der Waals surface area contributed by atoms with Crippen LogP contribution in [0.15, 0.2) is 60.7 Å². The minimum absolute atomic E-state index is 0.0469. The topological polar surface area (TPSA) is 95.2 Å². The highest BCUT2D eigenvalue weighted by Gasteiger charge is 2.23. The lowest BCUT2D eigenvalue weighted by molar-refractivity contribution is 1.40. The normalized spacial score (nSPS) is 10.5. The van der Waals surface area contributed by atoms with E-state index < -0.39 is 0 Å². The maximum absolute atomic E-state index is 9.98. The highest BCUT2D eigenvalue weighted by molar-refractivity contribution is 6.30. The van der Waals surface area contributed by atoms with Crippen molar-refractivity contribution in [2.75, 3.05) is 0 Å². The summed E-state index contributed by atoms with van der Waals surface area (Å²) in [4.78, 5) is 0. The van der Waals surface area contributed by atoms with Crippen molar-refractivity contribution in [2.24, 2.45) is 0 Å². The zero-order valence-electron chi connectivity index (χ0n) is 15.6. The van der Waals surface area contributed by atoms with Crippen molar-refractivity contribution in [3.63, 3.8) is 0 Å². The number of hydrogen-bond donors (Lipinski definition) is 0. The number of nitriles is 4. The van der Waals surface area contributed by atoms with Crippen molar-refractivity contribution in [3.8, 4) is 24.3 Å². The zero-order valence-corrected chi connectivity index (χ0v) is 15.6. The van der Waals surface area contributed by atoms with Crippen molar-refractivity contribution in [1.29, 1.82) is 21.0 Å². The van der Waals surface area contributed by atoms with Gasteiger partial charge in [-0.05, 0) is 44.5 Å². The summed E-state index contributed by atoms with van der Waals surface area (Å²) < 4.78 is 0. The van der Waals surface area contributed by atoms with Crippen LogP contribution in [0.2, 0.25) is 0 Å². The van der Waals surface area contributed by atoms with Gasteiger partial charge in [0.15, 0.2) is 0 Å². The van der Waals surface area contributed by atoms with Gasteiger partial charge in [-0.15, -0.1) is 0 Å². The molecule has 5 rings (SSSR count). The van der Waals surface area contributed by atoms with Crippen LogP contribution in [-0.2, 0) is 0 Å². The van der Waals surface area contributed by atoms with Gasteiger partial charge < -0.3 is 0 Å². The summed E-state index contributed by atoms with van der Waals surface area (Å²) in [7, 11) is 0. The summed E-state index contributed by atoms with van der Waals surface area (Å²) in [5.41, 5.74) is 0.173. The molecule has 0 spiro atoms. The number of hydrogen-bond acceptors (Lipinski definition) is 4. The molecule has 0 N–H and O–H groups in total. The van der Waals surface area contributed by atoms with Gasteiger partial charge in [0.05, 0.1) is 22.3 Å². The maximum Gasteiger partial charge on any atom is 0.102 e. The molecule has 0 aromatic heterocycles. The van der Waals surface area contributed by atoms with E-state index in [0.29, 0.717) is 10.8 Å². The molecular formula is C26H10N4. The van der Waals surface area contributed by atoms with E-state index in [1.165, 1.54) is 0 Å². The van der Waals surface area contributed by atoms with E-state index in [2.05, 4.69) is 18.2 Å². The Morgan fingerprint density at radius 3 is 1.40 bits per heavy atom. The molecule has 30 heavy (non-hydrogen) atoms. The molecule has 5 aromatic carbocycles. The van der Waals surface area contributed by atoms with Gasteiger partial charge >= 0.3 is 0 Å². The molecule has 0 radical (unpaired) electrons. The summed E-state index contributed by atoms with van der Waals surface area (Å²) in [5.74, 6) is 0. The maximum atomic E-state index is 9.98. The fourth-order valence-corrected chi connectivity index (χ4v) is 4.34. The molecule has 4 heteroatoms. The van der Waals surface area contributed by atoms with E-state index in [9.17, 15) is 21.0 Å². The highest BCUT2D eigenvalue weighted by atomic mass is 14.3. The Kier molecular flexibility index (Phi) is 3.63. The second kappa shape index (κ2) is 6.32. The lowest BCUT2D eigenvalue weighted by Crippen LogP contribution is -1.99. The predicted molar refractivity (Wildman–Crippen MR) is 115 cm³/mol. The number of fused-ring (bicyclic) bond motifs is 7. The zero-order chi connectivity index (χ0) is 20.8. The van der Waals surface area contributed by atoms with Crippen molar-refractivity contribution in [1.82, 2.24) is 0 Å². The summed E-state index contributed by atoms with van der Waals surface area (Å²) in [5, 5.41) is 45.9. The first-order valence-electron chi connectivity index (χ1n) is 9.20. The van der Waals surface area contributed by atoms with Crippen LogP contribution in [0.3, 0.4) is 0 Å². The molecule has 0 saturated heterocycles. The second-order valence-electron chi connectivity index (χ2n) is 6.99. The first kappa shape index (κ1) is 17.2. The molecule has 5 aromatic rings. The predicted octanol–water partition coefficient (Wildman–Crippen LogP) is 5.79. The van der Waals surface area contributed by atoms with Gasteiger partial charge in [0.25, 0.3) is 0 Å². The SMILES string of the molecule is N#Cc1c(C#N)c(C#N)c2c3cc4ccccc4cc3c3ccccc3c2c1C#N. The molecule has 0 amide bonds. The van der Waals surface area contributed by atoms with Crippen LogP contribution in [-0.4, -0.2) is 0 Å². The van der Waals surface area contributed by atoms with Gasteiger partial charge in [-0.2, -0.15) is 21.0 Å². The Morgan fingerprint density at radius 2 is 0.867 bits per heavy atom. The molecule has 0 atom stereocenters. The van der Waals surface area contributed by atoms with Gasteiger partial charge in [0, 0.05) is 10.8 Å². The Morgan fingerprint density at radius 1 is 0.433 bits per heavy atom. The number of nitrogens with zero attached hydrogens (tertiary/aromatic N) is 4. The van der Waals surface area contributed by atoms with E-state index in [4.69, 9.17) is 0 Å². The summed E-state index contributed by atoms with van der Waals surface area (Å²) in [6.45, 7) is 0. The molecular weight excluding hydrogens is 368 g/mol. The van der Waals surface area contributed by atoms with E-state index in [1.807, 2.05) is 66.7 Å². The van der Waals surface area contributed by atoms with E-state index in [-0.39, 0.29) is 22.3 Å². The number of benzene rings is 5. The average molecular weight is 378 g/mol. The molecule has 0 aliphatic carbocycles. The third kappa shape index (κ3) is 2.11. The van der Waals surface area contributed by atoms with Crippen molar-refractivity contribution in [3.05, 3.63) is 82.9 Å². The summed E-state index contributed by atoms with van der Waals surface area (Å²) in [6, 6.07) is 27.9. The monoisotopic (exact) mass is 378 g/mol. The Balaban J connectivity index is 2.27. The van der Waals surface area contributed by atoms with Gasteiger partial charge in [0.1, 0.15) is 24.3 Å². The average Bonchev–Trinajstić information content (AvgIpc) is 2.81. The highest BCUT2D eigenvalue weighted by Crippen LogP contribution is 2.42. The van der Waals surface area contributed by atoms with Crippen molar-refractivity contribution < 1.29 is 0 Å². The van der Waals surface area contributed by atoms with Gasteiger partial charge in [-0.3, -0.25) is 0 Å². The molecule has 0 bridgehead atoms. The minimum Gasteiger partial charge on any atom is -0.192 e. The summed E-state index contributed by atoms with van der Waals surface area (Å²) in [6.07, 6.45) is 0. The van der Waals surface area contributed by atoms with Crippen LogP contribution in [0.4, 0.5) is 0 Å². The molecule has 0 heterocycles. The number of rotatable bonds is 0. The van der Waals surface area contributed by atoms with E-state index in [0.717, 1.165) is 32.3 Å². The van der Waals surface area contributed by atoms with Crippen LogP contribution < -0.4 is 0 Å². The first-order chi connectivity index (χ1) is 14.7. The van der Waals surface area contributed by atoms with E-state index >= 15 is 0 Å². The summed E-state index contributed by atoms with van der Waals surface area (Å²) >= 11 is 0. The van der Waals surface area contributed by atoms with Gasteiger partial charge in [0.2, 0.25) is 0 Å². The van der Waals surface area contributed by atoms with Crippen molar-refractivity contribution in [2.45, 2.75) is 0 Å². The smallest absolute Gasteiger partial charge is 0.102 e. The Labute approximate surface area is 171 Å². The van der Waals surface area contributed by atoms with E-state index in [1.54, 1.807) is 0 Å². The minimum atomic E-state index is -0.0474. The Bertz CT molecular complexity index is 1730. The van der Waals surface area contributed by atoms with Crippen LogP contribution in [0.25, 0.3) is 43.1 Å². The lowest BCUT2D eigenvalue weighted by Gasteiger charge is -2.15. The molecule has 4 nitrogen and oxygen atoms in total. The molecule has 0 saturated carbocycles. The van der Waals surface area contributed by atoms with Crippen LogP contribution in [0.5, 0.6) is 0 Å². The van der Waals surface area contributed by atoms with Gasteiger partial charge in [-0.1, -0.05) is 48.5 Å². The van der Waals surface area contributed by atoms with Crippen LogP contribution in [0.1, 0.15) is 22.3 Å². The molecule has 0 unspecified atom stereocenters. The lowest BCUT2D eigenvalue weighted by atomic mass is 9.84. The third-order valence-electron chi connectivity index (χ3n) is 5.59. The molecule has 0 aliphatic heterocycles.